The molecule has 7 heteroatoms. The van der Waals surface area contributed by atoms with Crippen molar-refractivity contribution in [3.05, 3.63) is 11.8 Å². The number of halogens is 3. The highest BCUT2D eigenvalue weighted by atomic mass is 32.2. The molecule has 0 aliphatic rings. The molecule has 0 aromatic carbocycles. The number of rotatable bonds is 9. The molecule has 0 spiro atoms. The lowest BCUT2D eigenvalue weighted by Gasteiger charge is -2.11. The van der Waals surface area contributed by atoms with Gasteiger partial charge < -0.3 is 4.18 Å². The lowest BCUT2D eigenvalue weighted by atomic mass is 10.1. The van der Waals surface area contributed by atoms with Crippen LogP contribution in [0.2, 0.25) is 0 Å². The molecule has 19 heavy (non-hydrogen) atoms. The predicted octanol–water partition coefficient (Wildman–Crippen LogP) is 4.51. The van der Waals surface area contributed by atoms with Crippen molar-refractivity contribution in [2.24, 2.45) is 0 Å². The highest BCUT2D eigenvalue weighted by molar-refractivity contribution is 7.87. The van der Waals surface area contributed by atoms with Crippen molar-refractivity contribution >= 4 is 10.1 Å². The third-order valence-corrected chi connectivity index (χ3v) is 3.53. The monoisotopic (exact) mass is 302 g/mol. The molecular weight excluding hydrogens is 281 g/mol. The van der Waals surface area contributed by atoms with Crippen LogP contribution in [0.15, 0.2) is 11.8 Å². The molecule has 0 aliphatic heterocycles. The fourth-order valence-corrected chi connectivity index (χ4v) is 2.00. The van der Waals surface area contributed by atoms with Gasteiger partial charge in [-0.3, -0.25) is 0 Å². The molecule has 0 saturated carbocycles. The summed E-state index contributed by atoms with van der Waals surface area (Å²) in [7, 11) is -5.53. The number of allylic oxidation sites excluding steroid dienone is 2. The molecule has 0 aromatic rings. The minimum absolute atomic E-state index is 0.115. The summed E-state index contributed by atoms with van der Waals surface area (Å²) in [5.74, 6) is -0.146. The van der Waals surface area contributed by atoms with Gasteiger partial charge in [-0.15, -0.1) is 0 Å². The van der Waals surface area contributed by atoms with Crippen LogP contribution in [0.1, 0.15) is 58.8 Å². The molecule has 3 nitrogen and oxygen atoms in total. The summed E-state index contributed by atoms with van der Waals surface area (Å²) in [6.45, 7) is 3.64. The zero-order valence-corrected chi connectivity index (χ0v) is 12.1. The lowest BCUT2D eigenvalue weighted by molar-refractivity contribution is -0.0523. The molecule has 0 saturated heterocycles. The summed E-state index contributed by atoms with van der Waals surface area (Å²) in [6.07, 6.45) is 7.19. The molecule has 0 amide bonds. The Morgan fingerprint density at radius 3 is 2.16 bits per heavy atom. The standard InChI is InChI=1S/C12H21F3O3S/c1-3-5-6-7-8-9-10-11(4-2)18-19(16,17)12(13,14)15/h10H,3-9H2,1-2H3. The van der Waals surface area contributed by atoms with Crippen molar-refractivity contribution in [3.8, 4) is 0 Å². The van der Waals surface area contributed by atoms with Gasteiger partial charge in [0.1, 0.15) is 5.76 Å². The smallest absolute Gasteiger partial charge is 0.381 e. The molecule has 0 aromatic heterocycles. The zero-order valence-electron chi connectivity index (χ0n) is 11.3. The minimum Gasteiger partial charge on any atom is -0.381 e. The first-order chi connectivity index (χ1) is 8.74. The number of hydrogen-bond donors (Lipinski definition) is 0. The highest BCUT2D eigenvalue weighted by Gasteiger charge is 2.48. The van der Waals surface area contributed by atoms with E-state index in [9.17, 15) is 21.6 Å². The third kappa shape index (κ3) is 7.44. The van der Waals surface area contributed by atoms with Crippen molar-refractivity contribution in [3.63, 3.8) is 0 Å². The van der Waals surface area contributed by atoms with E-state index in [4.69, 9.17) is 0 Å². The summed E-state index contributed by atoms with van der Waals surface area (Å²) in [5.41, 5.74) is -5.37. The largest absolute Gasteiger partial charge is 0.534 e. The van der Waals surface area contributed by atoms with Crippen molar-refractivity contribution in [2.75, 3.05) is 0 Å². The van der Waals surface area contributed by atoms with Crippen molar-refractivity contribution in [1.29, 1.82) is 0 Å². The molecule has 0 unspecified atom stereocenters. The third-order valence-electron chi connectivity index (χ3n) is 2.53. The van der Waals surface area contributed by atoms with Gasteiger partial charge >= 0.3 is 15.6 Å². The highest BCUT2D eigenvalue weighted by Crippen LogP contribution is 2.27. The average molecular weight is 302 g/mol. The van der Waals surface area contributed by atoms with Gasteiger partial charge in [0.15, 0.2) is 0 Å². The van der Waals surface area contributed by atoms with Crippen molar-refractivity contribution in [2.45, 2.75) is 64.3 Å². The van der Waals surface area contributed by atoms with E-state index in [-0.39, 0.29) is 12.2 Å². The quantitative estimate of drug-likeness (QED) is 0.272. The second-order valence-corrected chi connectivity index (χ2v) is 5.75. The van der Waals surface area contributed by atoms with Gasteiger partial charge in [0.05, 0.1) is 0 Å². The van der Waals surface area contributed by atoms with Crippen molar-refractivity contribution in [1.82, 2.24) is 0 Å². The summed E-state index contributed by atoms with van der Waals surface area (Å²) >= 11 is 0. The van der Waals surface area contributed by atoms with Crippen LogP contribution >= 0.6 is 0 Å². The van der Waals surface area contributed by atoms with Gasteiger partial charge in [-0.05, 0) is 18.9 Å². The zero-order chi connectivity index (χ0) is 14.9. The molecule has 0 atom stereocenters. The van der Waals surface area contributed by atoms with E-state index in [0.29, 0.717) is 6.42 Å². The summed E-state index contributed by atoms with van der Waals surface area (Å²) < 4.78 is 62.1. The second-order valence-electron chi connectivity index (χ2n) is 4.21. The first-order valence-electron chi connectivity index (χ1n) is 6.44. The van der Waals surface area contributed by atoms with E-state index in [0.717, 1.165) is 32.1 Å². The molecule has 0 aliphatic carbocycles. The fraction of sp³-hybridized carbons (Fsp3) is 0.833. The Hall–Kier alpha value is -0.720. The topological polar surface area (TPSA) is 43.4 Å². The molecular formula is C12H21F3O3S. The summed E-state index contributed by atoms with van der Waals surface area (Å²) in [4.78, 5) is 0. The maximum atomic E-state index is 12.1. The van der Waals surface area contributed by atoms with Gasteiger partial charge in [-0.25, -0.2) is 0 Å². The van der Waals surface area contributed by atoms with Crippen LogP contribution in [-0.2, 0) is 14.3 Å². The molecule has 0 heterocycles. The van der Waals surface area contributed by atoms with E-state index in [1.807, 2.05) is 0 Å². The second kappa shape index (κ2) is 8.45. The first kappa shape index (κ1) is 18.3. The molecule has 0 N–H and O–H groups in total. The van der Waals surface area contributed by atoms with Crippen LogP contribution in [0.5, 0.6) is 0 Å². The SMILES string of the molecule is CCCCCCCC=C(CC)OS(=O)(=O)C(F)(F)F. The molecule has 0 bridgehead atoms. The van der Waals surface area contributed by atoms with Gasteiger partial charge in [0.25, 0.3) is 0 Å². The fourth-order valence-electron chi connectivity index (χ4n) is 1.44. The molecule has 0 rings (SSSR count). The maximum absolute atomic E-state index is 12.1. The number of hydrogen-bond acceptors (Lipinski definition) is 3. The van der Waals surface area contributed by atoms with E-state index >= 15 is 0 Å². The summed E-state index contributed by atoms with van der Waals surface area (Å²) in [5, 5.41) is 0. The molecule has 0 radical (unpaired) electrons. The maximum Gasteiger partial charge on any atom is 0.534 e. The van der Waals surface area contributed by atoms with Crippen LogP contribution in [-0.4, -0.2) is 13.9 Å². The van der Waals surface area contributed by atoms with Crippen LogP contribution in [0.25, 0.3) is 0 Å². The van der Waals surface area contributed by atoms with Gasteiger partial charge in [-0.2, -0.15) is 21.6 Å². The van der Waals surface area contributed by atoms with Gasteiger partial charge in [0.2, 0.25) is 0 Å². The number of alkyl halides is 3. The van der Waals surface area contributed by atoms with Crippen molar-refractivity contribution < 1.29 is 25.8 Å². The van der Waals surface area contributed by atoms with Crippen LogP contribution < -0.4 is 0 Å². The average Bonchev–Trinajstić information content (AvgIpc) is 2.30. The van der Waals surface area contributed by atoms with Gasteiger partial charge in [-0.1, -0.05) is 39.5 Å². The summed E-state index contributed by atoms with van der Waals surface area (Å²) in [6, 6.07) is 0. The van der Waals surface area contributed by atoms with E-state index in [2.05, 4.69) is 11.1 Å². The number of unbranched alkanes of at least 4 members (excludes halogenated alkanes) is 5. The Morgan fingerprint density at radius 2 is 1.68 bits per heavy atom. The van der Waals surface area contributed by atoms with Gasteiger partial charge in [0, 0.05) is 6.42 Å². The van der Waals surface area contributed by atoms with Crippen LogP contribution in [0.4, 0.5) is 13.2 Å². The Labute approximate surface area is 113 Å². The predicted molar refractivity (Wildman–Crippen MR) is 67.8 cm³/mol. The Kier molecular flexibility index (Phi) is 8.13. The Bertz CT molecular complexity index is 372. The van der Waals surface area contributed by atoms with E-state index in [1.54, 1.807) is 6.92 Å². The van der Waals surface area contributed by atoms with Crippen LogP contribution in [0, 0.1) is 0 Å². The van der Waals surface area contributed by atoms with Crippen LogP contribution in [0.3, 0.4) is 0 Å². The molecule has 0 fully saturated rings. The first-order valence-corrected chi connectivity index (χ1v) is 7.85. The Morgan fingerprint density at radius 1 is 1.11 bits per heavy atom. The normalized spacial score (nSPS) is 13.6. The lowest BCUT2D eigenvalue weighted by Crippen LogP contribution is -2.25. The minimum atomic E-state index is -5.53. The Balaban J connectivity index is 4.28. The van der Waals surface area contributed by atoms with E-state index in [1.165, 1.54) is 6.08 Å². The molecule has 114 valence electrons. The van der Waals surface area contributed by atoms with E-state index < -0.39 is 15.6 Å².